The molecule has 0 saturated carbocycles. The summed E-state index contributed by atoms with van der Waals surface area (Å²) in [6, 6.07) is 13.6. The molecule has 2 fully saturated rings. The zero-order chi connectivity index (χ0) is 22.6. The number of fused-ring (bicyclic) bond motifs is 1. The van der Waals surface area contributed by atoms with Crippen molar-refractivity contribution in [1.82, 2.24) is 25.0 Å². The van der Waals surface area contributed by atoms with E-state index in [2.05, 4.69) is 20.1 Å². The minimum absolute atomic E-state index is 0.0193. The van der Waals surface area contributed by atoms with Crippen LogP contribution in [-0.4, -0.2) is 76.1 Å². The van der Waals surface area contributed by atoms with E-state index in [1.807, 2.05) is 52.3 Å². The van der Waals surface area contributed by atoms with Gasteiger partial charge < -0.3 is 14.7 Å². The molecule has 2 aliphatic rings. The number of H-pyrrole nitrogens is 1. The number of piperidine rings is 1. The number of carbonyl (C=O) groups is 2. The van der Waals surface area contributed by atoms with E-state index in [9.17, 15) is 9.59 Å². The van der Waals surface area contributed by atoms with Crippen LogP contribution >= 0.6 is 0 Å². The van der Waals surface area contributed by atoms with Crippen LogP contribution in [0.3, 0.4) is 0 Å². The zero-order valence-electron chi connectivity index (χ0n) is 18.8. The molecule has 4 heterocycles. The van der Waals surface area contributed by atoms with E-state index in [0.29, 0.717) is 24.6 Å². The fourth-order valence-corrected chi connectivity index (χ4v) is 4.97. The van der Waals surface area contributed by atoms with E-state index in [4.69, 9.17) is 0 Å². The number of pyridine rings is 1. The molecular formula is C25H30N6O2. The third-order valence-electron chi connectivity index (χ3n) is 6.85. The number of anilines is 1. The van der Waals surface area contributed by atoms with Crippen molar-refractivity contribution in [2.75, 3.05) is 44.2 Å². The molecule has 8 heteroatoms. The van der Waals surface area contributed by atoms with Crippen molar-refractivity contribution in [3.05, 3.63) is 54.4 Å². The van der Waals surface area contributed by atoms with E-state index in [1.54, 1.807) is 6.20 Å². The highest BCUT2D eigenvalue weighted by molar-refractivity contribution is 6.04. The Bertz CT molecular complexity index is 1110. The lowest BCUT2D eigenvalue weighted by molar-refractivity contribution is -0.131. The molecule has 33 heavy (non-hydrogen) atoms. The highest BCUT2D eigenvalue weighted by atomic mass is 16.2. The van der Waals surface area contributed by atoms with Crippen LogP contribution in [0.5, 0.6) is 0 Å². The zero-order valence-corrected chi connectivity index (χ0v) is 18.8. The summed E-state index contributed by atoms with van der Waals surface area (Å²) < 4.78 is 0. The second-order valence-corrected chi connectivity index (χ2v) is 8.97. The number of nitrogens with zero attached hydrogens (tertiary/aromatic N) is 5. The first-order chi connectivity index (χ1) is 16.2. The van der Waals surface area contributed by atoms with Crippen molar-refractivity contribution >= 4 is 28.5 Å². The second-order valence-electron chi connectivity index (χ2n) is 8.97. The molecule has 0 bridgehead atoms. The van der Waals surface area contributed by atoms with Gasteiger partial charge in [0.05, 0.1) is 5.52 Å². The van der Waals surface area contributed by atoms with E-state index in [-0.39, 0.29) is 11.8 Å². The topological polar surface area (TPSA) is 85.4 Å². The molecular weight excluding hydrogens is 416 g/mol. The monoisotopic (exact) mass is 446 g/mol. The van der Waals surface area contributed by atoms with Gasteiger partial charge in [0.25, 0.3) is 5.91 Å². The summed E-state index contributed by atoms with van der Waals surface area (Å²) in [5.74, 6) is 1.53. The quantitative estimate of drug-likeness (QED) is 0.651. The third kappa shape index (κ3) is 4.69. The molecule has 5 rings (SSSR count). The van der Waals surface area contributed by atoms with Gasteiger partial charge in [0.2, 0.25) is 5.91 Å². The van der Waals surface area contributed by atoms with Crippen LogP contribution in [-0.2, 0) is 4.79 Å². The van der Waals surface area contributed by atoms with Gasteiger partial charge >= 0.3 is 0 Å². The lowest BCUT2D eigenvalue weighted by Crippen LogP contribution is -2.49. The highest BCUT2D eigenvalue weighted by Gasteiger charge is 2.28. The first-order valence-electron chi connectivity index (χ1n) is 11.8. The summed E-state index contributed by atoms with van der Waals surface area (Å²) in [4.78, 5) is 36.5. The van der Waals surface area contributed by atoms with Gasteiger partial charge in [-0.05, 0) is 43.4 Å². The predicted octanol–water partition coefficient (Wildman–Crippen LogP) is 2.94. The largest absolute Gasteiger partial charge is 0.353 e. The SMILES string of the molecule is O=C(CCC1CCCN(C(=O)c2n[nH]c3ccccc23)C1)N1CCN(c2ccccn2)CC1. The molecule has 1 atom stereocenters. The molecule has 1 aromatic carbocycles. The Balaban J connectivity index is 1.12. The first kappa shape index (κ1) is 21.4. The Morgan fingerprint density at radius 3 is 2.61 bits per heavy atom. The van der Waals surface area contributed by atoms with Crippen molar-refractivity contribution in [3.63, 3.8) is 0 Å². The molecule has 1 N–H and O–H groups in total. The van der Waals surface area contributed by atoms with Crippen LogP contribution in [0.25, 0.3) is 10.9 Å². The molecule has 172 valence electrons. The Hall–Kier alpha value is -3.42. The second kappa shape index (κ2) is 9.60. The van der Waals surface area contributed by atoms with Crippen LogP contribution in [0.4, 0.5) is 5.82 Å². The molecule has 0 radical (unpaired) electrons. The average molecular weight is 447 g/mol. The number of benzene rings is 1. The number of aromatic nitrogens is 3. The maximum Gasteiger partial charge on any atom is 0.275 e. The summed E-state index contributed by atoms with van der Waals surface area (Å²) in [6.07, 6.45) is 5.20. The Kier molecular flexibility index (Phi) is 6.24. The first-order valence-corrected chi connectivity index (χ1v) is 11.8. The number of amides is 2. The average Bonchev–Trinajstić information content (AvgIpc) is 3.32. The molecule has 3 aromatic rings. The normalized spacial score (nSPS) is 19.2. The fourth-order valence-electron chi connectivity index (χ4n) is 4.97. The van der Waals surface area contributed by atoms with Crippen molar-refractivity contribution in [3.8, 4) is 0 Å². The lowest BCUT2D eigenvalue weighted by Gasteiger charge is -2.36. The summed E-state index contributed by atoms with van der Waals surface area (Å²) in [5, 5.41) is 8.09. The molecule has 0 aliphatic carbocycles. The molecule has 2 amide bonds. The van der Waals surface area contributed by atoms with Crippen molar-refractivity contribution in [2.24, 2.45) is 5.92 Å². The Morgan fingerprint density at radius 2 is 1.79 bits per heavy atom. The van der Waals surface area contributed by atoms with Crippen molar-refractivity contribution < 1.29 is 9.59 Å². The Labute approximate surface area is 193 Å². The number of hydrogen-bond acceptors (Lipinski definition) is 5. The highest BCUT2D eigenvalue weighted by Crippen LogP contribution is 2.25. The van der Waals surface area contributed by atoms with Gasteiger partial charge in [-0.25, -0.2) is 4.98 Å². The van der Waals surface area contributed by atoms with Gasteiger partial charge in [-0.3, -0.25) is 14.7 Å². The molecule has 1 unspecified atom stereocenters. The number of piperazine rings is 1. The third-order valence-corrected chi connectivity index (χ3v) is 6.85. The summed E-state index contributed by atoms with van der Waals surface area (Å²) in [7, 11) is 0. The number of aromatic amines is 1. The van der Waals surface area contributed by atoms with Gasteiger partial charge in [-0.15, -0.1) is 0 Å². The fraction of sp³-hybridized carbons (Fsp3) is 0.440. The minimum Gasteiger partial charge on any atom is -0.353 e. The number of carbonyl (C=O) groups excluding carboxylic acids is 2. The molecule has 2 saturated heterocycles. The van der Waals surface area contributed by atoms with E-state index in [1.165, 1.54) is 0 Å². The van der Waals surface area contributed by atoms with Crippen LogP contribution in [0, 0.1) is 5.92 Å². The number of para-hydroxylation sites is 1. The van der Waals surface area contributed by atoms with E-state index in [0.717, 1.165) is 68.7 Å². The smallest absolute Gasteiger partial charge is 0.275 e. The van der Waals surface area contributed by atoms with Crippen LogP contribution in [0.15, 0.2) is 48.7 Å². The maximum atomic E-state index is 13.1. The summed E-state index contributed by atoms with van der Waals surface area (Å²) in [5.41, 5.74) is 1.37. The van der Waals surface area contributed by atoms with Gasteiger partial charge in [0, 0.05) is 57.3 Å². The van der Waals surface area contributed by atoms with Gasteiger partial charge in [0.1, 0.15) is 5.82 Å². The van der Waals surface area contributed by atoms with Crippen LogP contribution < -0.4 is 4.90 Å². The molecule has 0 spiro atoms. The maximum absolute atomic E-state index is 13.1. The van der Waals surface area contributed by atoms with Crippen molar-refractivity contribution in [2.45, 2.75) is 25.7 Å². The van der Waals surface area contributed by atoms with E-state index >= 15 is 0 Å². The van der Waals surface area contributed by atoms with Gasteiger partial charge in [-0.2, -0.15) is 5.10 Å². The number of nitrogens with one attached hydrogen (secondary N) is 1. The lowest BCUT2D eigenvalue weighted by atomic mass is 9.92. The van der Waals surface area contributed by atoms with Crippen molar-refractivity contribution in [1.29, 1.82) is 0 Å². The van der Waals surface area contributed by atoms with Crippen LogP contribution in [0.1, 0.15) is 36.2 Å². The summed E-state index contributed by atoms with van der Waals surface area (Å²) in [6.45, 7) is 4.53. The Morgan fingerprint density at radius 1 is 0.970 bits per heavy atom. The minimum atomic E-state index is -0.0193. The van der Waals surface area contributed by atoms with Gasteiger partial charge in [0.15, 0.2) is 5.69 Å². The standard InChI is InChI=1S/C25H30N6O2/c32-23(30-16-14-29(15-17-30)22-9-3-4-12-26-22)11-10-19-6-5-13-31(18-19)25(33)24-20-7-1-2-8-21(20)27-28-24/h1-4,7-9,12,19H,5-6,10-11,13-18H2,(H,27,28). The van der Waals surface area contributed by atoms with E-state index < -0.39 is 0 Å². The molecule has 2 aromatic heterocycles. The number of likely N-dealkylation sites (tertiary alicyclic amines) is 1. The molecule has 2 aliphatic heterocycles. The summed E-state index contributed by atoms with van der Waals surface area (Å²) >= 11 is 0. The van der Waals surface area contributed by atoms with Crippen LogP contribution in [0.2, 0.25) is 0 Å². The number of hydrogen-bond donors (Lipinski definition) is 1. The number of rotatable bonds is 5. The predicted molar refractivity (Wildman–Crippen MR) is 127 cm³/mol. The molecule has 8 nitrogen and oxygen atoms in total. The van der Waals surface area contributed by atoms with Gasteiger partial charge in [-0.1, -0.05) is 24.3 Å².